The van der Waals surface area contributed by atoms with Crippen LogP contribution >= 0.6 is 0 Å². The number of benzene rings is 1. The molecule has 2 unspecified atom stereocenters. The molecule has 1 heterocycles. The van der Waals surface area contributed by atoms with E-state index < -0.39 is 17.7 Å². The van der Waals surface area contributed by atoms with E-state index >= 15 is 0 Å². The van der Waals surface area contributed by atoms with Crippen molar-refractivity contribution in [3.8, 4) is 0 Å². The minimum absolute atomic E-state index is 0.127. The molecule has 2 atom stereocenters. The van der Waals surface area contributed by atoms with Crippen molar-refractivity contribution in [1.82, 2.24) is 9.80 Å². The summed E-state index contributed by atoms with van der Waals surface area (Å²) in [5.74, 6) is -1.36. The maximum atomic E-state index is 13.7. The Hall–Kier alpha value is -1.08. The predicted molar refractivity (Wildman–Crippen MR) is 89.7 cm³/mol. The van der Waals surface area contributed by atoms with Crippen LogP contribution in [0.4, 0.5) is 8.78 Å². The number of piperazine rings is 1. The van der Waals surface area contributed by atoms with Crippen molar-refractivity contribution < 1.29 is 19.0 Å². The van der Waals surface area contributed by atoms with Crippen LogP contribution < -0.4 is 0 Å². The first kappa shape index (κ1) is 19.2. The zero-order chi connectivity index (χ0) is 17.9. The fourth-order valence-corrected chi connectivity index (χ4v) is 2.79. The fourth-order valence-electron chi connectivity index (χ4n) is 2.79. The van der Waals surface area contributed by atoms with Gasteiger partial charge in [0.05, 0.1) is 12.2 Å². The van der Waals surface area contributed by atoms with Crippen LogP contribution in [-0.2, 0) is 0 Å². The summed E-state index contributed by atoms with van der Waals surface area (Å²) in [5, 5.41) is 20.4. The number of hydrogen-bond donors (Lipinski definition) is 2. The quantitative estimate of drug-likeness (QED) is 0.860. The molecule has 6 heteroatoms. The summed E-state index contributed by atoms with van der Waals surface area (Å²) >= 11 is 0. The molecule has 0 spiro atoms. The first-order valence-electron chi connectivity index (χ1n) is 8.42. The molecular formula is C18H28F2N2O2. The van der Waals surface area contributed by atoms with Crippen LogP contribution in [0.2, 0.25) is 0 Å². The van der Waals surface area contributed by atoms with Crippen LogP contribution in [-0.4, -0.2) is 65.4 Å². The van der Waals surface area contributed by atoms with Gasteiger partial charge in [0.25, 0.3) is 0 Å². The lowest BCUT2D eigenvalue weighted by Crippen LogP contribution is -2.50. The Balaban J connectivity index is 1.82. The Kier molecular flexibility index (Phi) is 6.31. The molecule has 1 fully saturated rings. The van der Waals surface area contributed by atoms with Gasteiger partial charge in [0, 0.05) is 50.9 Å². The second kappa shape index (κ2) is 7.87. The lowest BCUT2D eigenvalue weighted by atomic mass is 9.89. The van der Waals surface area contributed by atoms with E-state index in [0.717, 1.165) is 38.3 Å². The van der Waals surface area contributed by atoms with Crippen LogP contribution in [0.5, 0.6) is 0 Å². The van der Waals surface area contributed by atoms with Crippen LogP contribution in [0.3, 0.4) is 0 Å². The van der Waals surface area contributed by atoms with Crippen LogP contribution in [0.1, 0.15) is 32.4 Å². The van der Waals surface area contributed by atoms with E-state index in [1.54, 1.807) is 0 Å². The van der Waals surface area contributed by atoms with Crippen LogP contribution in [0, 0.1) is 17.0 Å². The third-order valence-corrected chi connectivity index (χ3v) is 4.65. The van der Waals surface area contributed by atoms with Gasteiger partial charge >= 0.3 is 0 Å². The Morgan fingerprint density at radius 3 is 2.04 bits per heavy atom. The fraction of sp³-hybridized carbons (Fsp3) is 0.667. The van der Waals surface area contributed by atoms with Gasteiger partial charge in [-0.05, 0) is 11.5 Å². The molecule has 0 amide bonds. The summed E-state index contributed by atoms with van der Waals surface area (Å²) in [7, 11) is 0. The Labute approximate surface area is 142 Å². The largest absolute Gasteiger partial charge is 0.391 e. The summed E-state index contributed by atoms with van der Waals surface area (Å²) in [5.41, 5.74) is -0.0186. The number of halogens is 2. The molecule has 1 aliphatic rings. The lowest BCUT2D eigenvalue weighted by molar-refractivity contribution is 0.00697. The third kappa shape index (κ3) is 5.21. The van der Waals surface area contributed by atoms with Crippen LogP contribution in [0.15, 0.2) is 18.2 Å². The summed E-state index contributed by atoms with van der Waals surface area (Å²) < 4.78 is 26.7. The van der Waals surface area contributed by atoms with Gasteiger partial charge in [-0.15, -0.1) is 0 Å². The zero-order valence-electron chi connectivity index (χ0n) is 14.7. The highest BCUT2D eigenvalue weighted by Crippen LogP contribution is 2.22. The average molecular weight is 342 g/mol. The number of nitrogens with zero attached hydrogens (tertiary/aromatic N) is 2. The molecule has 0 aromatic heterocycles. The molecule has 4 nitrogen and oxygen atoms in total. The summed E-state index contributed by atoms with van der Waals surface area (Å²) in [4.78, 5) is 4.27. The van der Waals surface area contributed by atoms with Crippen LogP contribution in [0.25, 0.3) is 0 Å². The van der Waals surface area contributed by atoms with E-state index in [-0.39, 0.29) is 17.1 Å². The molecule has 1 saturated heterocycles. The highest BCUT2D eigenvalue weighted by Gasteiger charge is 2.27. The highest BCUT2D eigenvalue weighted by atomic mass is 19.1. The van der Waals surface area contributed by atoms with Crippen molar-refractivity contribution >= 4 is 0 Å². The highest BCUT2D eigenvalue weighted by molar-refractivity contribution is 5.21. The molecule has 0 bridgehead atoms. The molecule has 0 radical (unpaired) electrons. The molecule has 0 aliphatic carbocycles. The second-order valence-corrected chi connectivity index (χ2v) is 7.66. The van der Waals surface area contributed by atoms with Gasteiger partial charge in [-0.1, -0.05) is 26.8 Å². The molecule has 136 valence electrons. The van der Waals surface area contributed by atoms with E-state index in [0.29, 0.717) is 13.1 Å². The van der Waals surface area contributed by atoms with Gasteiger partial charge in [0.1, 0.15) is 11.6 Å². The van der Waals surface area contributed by atoms with Crippen molar-refractivity contribution in [3.63, 3.8) is 0 Å². The van der Waals surface area contributed by atoms with Gasteiger partial charge in [-0.25, -0.2) is 8.78 Å². The second-order valence-electron chi connectivity index (χ2n) is 7.66. The average Bonchev–Trinajstić information content (AvgIpc) is 2.48. The lowest BCUT2D eigenvalue weighted by Gasteiger charge is -2.38. The molecule has 2 N–H and O–H groups in total. The van der Waals surface area contributed by atoms with E-state index in [4.69, 9.17) is 0 Å². The number of aliphatic hydroxyl groups excluding tert-OH is 2. The number of β-amino-alcohol motifs (C(OH)–C–C–N with tert-alkyl or cyclic N) is 2. The Morgan fingerprint density at radius 2 is 1.54 bits per heavy atom. The summed E-state index contributed by atoms with van der Waals surface area (Å²) in [6.45, 7) is 10.1. The molecule has 0 saturated carbocycles. The maximum absolute atomic E-state index is 13.7. The molecule has 2 rings (SSSR count). The zero-order valence-corrected chi connectivity index (χ0v) is 14.7. The van der Waals surface area contributed by atoms with Gasteiger partial charge < -0.3 is 10.2 Å². The molecule has 24 heavy (non-hydrogen) atoms. The predicted octanol–water partition coefficient (Wildman–Crippen LogP) is 2.02. The van der Waals surface area contributed by atoms with E-state index in [9.17, 15) is 19.0 Å². The first-order chi connectivity index (χ1) is 11.2. The SMILES string of the molecule is CC(C)(C)C(O)CN1CCN(CC(O)c2ccc(F)cc2F)CC1. The Morgan fingerprint density at radius 1 is 1.00 bits per heavy atom. The van der Waals surface area contributed by atoms with E-state index in [1.165, 1.54) is 6.07 Å². The Bertz CT molecular complexity index is 540. The monoisotopic (exact) mass is 342 g/mol. The van der Waals surface area contributed by atoms with Gasteiger partial charge in [-0.3, -0.25) is 9.80 Å². The maximum Gasteiger partial charge on any atom is 0.131 e. The van der Waals surface area contributed by atoms with Crippen molar-refractivity contribution in [2.24, 2.45) is 5.41 Å². The van der Waals surface area contributed by atoms with Crippen molar-refractivity contribution in [1.29, 1.82) is 0 Å². The van der Waals surface area contributed by atoms with Gasteiger partial charge in [0.2, 0.25) is 0 Å². The first-order valence-corrected chi connectivity index (χ1v) is 8.42. The summed E-state index contributed by atoms with van der Waals surface area (Å²) in [6, 6.07) is 3.25. The van der Waals surface area contributed by atoms with Gasteiger partial charge in [0.15, 0.2) is 0 Å². The number of rotatable bonds is 5. The molecule has 1 aromatic carbocycles. The van der Waals surface area contributed by atoms with Crippen molar-refractivity contribution in [2.75, 3.05) is 39.3 Å². The van der Waals surface area contributed by atoms with E-state index in [2.05, 4.69) is 9.80 Å². The van der Waals surface area contributed by atoms with Crippen molar-refractivity contribution in [3.05, 3.63) is 35.4 Å². The topological polar surface area (TPSA) is 46.9 Å². The van der Waals surface area contributed by atoms with Gasteiger partial charge in [-0.2, -0.15) is 0 Å². The summed E-state index contributed by atoms with van der Waals surface area (Å²) in [6.07, 6.45) is -1.36. The standard InChI is InChI=1S/C18H28F2N2O2/c1-18(2,3)17(24)12-22-8-6-21(7-9-22)11-16(23)14-5-4-13(19)10-15(14)20/h4-5,10,16-17,23-24H,6-9,11-12H2,1-3H3. The third-order valence-electron chi connectivity index (χ3n) is 4.65. The number of aliphatic hydroxyl groups is 2. The number of hydrogen-bond acceptors (Lipinski definition) is 4. The molecule has 1 aliphatic heterocycles. The smallest absolute Gasteiger partial charge is 0.131 e. The van der Waals surface area contributed by atoms with Crippen molar-refractivity contribution in [2.45, 2.75) is 33.0 Å². The molecule has 1 aromatic rings. The minimum Gasteiger partial charge on any atom is -0.391 e. The molecular weight excluding hydrogens is 314 g/mol. The van der Waals surface area contributed by atoms with E-state index in [1.807, 2.05) is 20.8 Å². The normalized spacial score (nSPS) is 20.1. The minimum atomic E-state index is -0.975.